The molecule has 0 spiro atoms. The number of nitrogens with zero attached hydrogens (tertiary/aromatic N) is 4. The number of hydrogen-bond donors (Lipinski definition) is 0. The van der Waals surface area contributed by atoms with Gasteiger partial charge in [-0.3, -0.25) is 14.7 Å². The maximum absolute atomic E-state index is 13.6. The summed E-state index contributed by atoms with van der Waals surface area (Å²) < 4.78 is 15.7. The third-order valence-electron chi connectivity index (χ3n) is 5.70. The lowest BCUT2D eigenvalue weighted by molar-refractivity contribution is 0.0553. The van der Waals surface area contributed by atoms with Gasteiger partial charge in [0, 0.05) is 32.0 Å². The van der Waals surface area contributed by atoms with Gasteiger partial charge in [0.1, 0.15) is 11.5 Å². The van der Waals surface area contributed by atoms with Crippen LogP contribution in [-0.2, 0) is 13.1 Å². The highest BCUT2D eigenvalue weighted by Gasteiger charge is 2.44. The second-order valence-corrected chi connectivity index (χ2v) is 7.51. The first-order valence-corrected chi connectivity index (χ1v) is 9.53. The van der Waals surface area contributed by atoms with Gasteiger partial charge in [-0.15, -0.1) is 0 Å². The minimum atomic E-state index is -0.214. The first-order chi connectivity index (χ1) is 13.7. The van der Waals surface area contributed by atoms with Crippen molar-refractivity contribution in [3.05, 3.63) is 89.8 Å². The molecule has 2 aliphatic rings. The molecule has 3 aromatic rings. The van der Waals surface area contributed by atoms with E-state index in [1.807, 2.05) is 47.5 Å². The minimum Gasteiger partial charge on any atom is -0.337 e. The predicted molar refractivity (Wildman–Crippen MR) is 103 cm³/mol. The third kappa shape index (κ3) is 2.99. The Labute approximate surface area is 163 Å². The summed E-state index contributed by atoms with van der Waals surface area (Å²) in [6.07, 6.45) is 3.75. The number of hydrogen-bond acceptors (Lipinski definition) is 3. The number of rotatable bonds is 4. The molecule has 1 saturated heterocycles. The van der Waals surface area contributed by atoms with E-state index in [2.05, 4.69) is 14.5 Å². The fourth-order valence-corrected chi connectivity index (χ4v) is 4.47. The molecule has 6 heteroatoms. The highest BCUT2D eigenvalue weighted by molar-refractivity contribution is 5.94. The van der Waals surface area contributed by atoms with E-state index in [4.69, 9.17) is 0 Å². The average molecular weight is 376 g/mol. The maximum Gasteiger partial charge on any atom is 0.271 e. The van der Waals surface area contributed by atoms with Crippen LogP contribution >= 0.6 is 0 Å². The topological polar surface area (TPSA) is 41.4 Å². The van der Waals surface area contributed by atoms with Crippen LogP contribution in [0.15, 0.2) is 67.0 Å². The Morgan fingerprint density at radius 3 is 2.71 bits per heavy atom. The van der Waals surface area contributed by atoms with Crippen molar-refractivity contribution < 1.29 is 9.18 Å². The summed E-state index contributed by atoms with van der Waals surface area (Å²) in [7, 11) is 0. The van der Waals surface area contributed by atoms with E-state index in [9.17, 15) is 9.18 Å². The van der Waals surface area contributed by atoms with Crippen molar-refractivity contribution >= 4 is 5.91 Å². The molecule has 1 amide bonds. The zero-order chi connectivity index (χ0) is 19.1. The number of pyridine rings is 1. The van der Waals surface area contributed by atoms with E-state index in [0.29, 0.717) is 13.1 Å². The Bertz CT molecular complexity index is 1000. The smallest absolute Gasteiger partial charge is 0.271 e. The lowest BCUT2D eigenvalue weighted by Crippen LogP contribution is -2.49. The molecule has 0 saturated carbocycles. The predicted octanol–water partition coefficient (Wildman–Crippen LogP) is 3.10. The van der Waals surface area contributed by atoms with Crippen LogP contribution in [0.2, 0.25) is 0 Å². The summed E-state index contributed by atoms with van der Waals surface area (Å²) >= 11 is 0. The zero-order valence-corrected chi connectivity index (χ0v) is 15.4. The van der Waals surface area contributed by atoms with E-state index in [0.717, 1.165) is 30.0 Å². The van der Waals surface area contributed by atoms with Gasteiger partial charge in [0.05, 0.1) is 24.3 Å². The van der Waals surface area contributed by atoms with Crippen LogP contribution in [0, 0.1) is 5.82 Å². The number of amides is 1. The van der Waals surface area contributed by atoms with Crippen LogP contribution in [0.25, 0.3) is 0 Å². The summed E-state index contributed by atoms with van der Waals surface area (Å²) in [4.78, 5) is 21.8. The van der Waals surface area contributed by atoms with E-state index in [1.165, 1.54) is 6.07 Å². The highest BCUT2D eigenvalue weighted by Crippen LogP contribution is 2.35. The van der Waals surface area contributed by atoms with Gasteiger partial charge in [-0.25, -0.2) is 4.39 Å². The van der Waals surface area contributed by atoms with Crippen LogP contribution < -0.4 is 0 Å². The number of carbonyl (C=O) groups is 1. The summed E-state index contributed by atoms with van der Waals surface area (Å²) in [6.45, 7) is 2.76. The molecule has 0 radical (unpaired) electrons. The first kappa shape index (κ1) is 17.1. The Morgan fingerprint density at radius 2 is 1.89 bits per heavy atom. The van der Waals surface area contributed by atoms with E-state index < -0.39 is 0 Å². The molecular weight excluding hydrogens is 355 g/mol. The second kappa shape index (κ2) is 6.87. The fourth-order valence-electron chi connectivity index (χ4n) is 4.47. The lowest BCUT2D eigenvalue weighted by Gasteiger charge is -2.38. The van der Waals surface area contributed by atoms with Crippen molar-refractivity contribution in [1.82, 2.24) is 19.4 Å². The number of carbonyl (C=O) groups excluding carboxylic acids is 1. The van der Waals surface area contributed by atoms with Gasteiger partial charge in [-0.1, -0.05) is 18.2 Å². The van der Waals surface area contributed by atoms with Crippen molar-refractivity contribution in [2.75, 3.05) is 13.1 Å². The number of halogens is 1. The van der Waals surface area contributed by atoms with Gasteiger partial charge in [0.25, 0.3) is 5.91 Å². The Balaban J connectivity index is 1.43. The molecule has 2 aromatic heterocycles. The van der Waals surface area contributed by atoms with Gasteiger partial charge in [0.15, 0.2) is 0 Å². The summed E-state index contributed by atoms with van der Waals surface area (Å²) in [5.41, 5.74) is 2.57. The Morgan fingerprint density at radius 1 is 1.00 bits per heavy atom. The maximum atomic E-state index is 13.6. The second-order valence-electron chi connectivity index (χ2n) is 7.51. The molecule has 5 nitrogen and oxygen atoms in total. The van der Waals surface area contributed by atoms with Gasteiger partial charge in [-0.05, 0) is 42.0 Å². The number of benzene rings is 1. The molecule has 5 rings (SSSR count). The summed E-state index contributed by atoms with van der Waals surface area (Å²) in [5.74, 6) is -0.168. The van der Waals surface area contributed by atoms with Crippen molar-refractivity contribution in [1.29, 1.82) is 0 Å². The van der Waals surface area contributed by atoms with E-state index >= 15 is 0 Å². The lowest BCUT2D eigenvalue weighted by atomic mass is 10.1. The molecule has 2 aliphatic heterocycles. The third-order valence-corrected chi connectivity index (χ3v) is 5.70. The van der Waals surface area contributed by atoms with E-state index in [1.54, 1.807) is 18.3 Å². The van der Waals surface area contributed by atoms with Gasteiger partial charge >= 0.3 is 0 Å². The van der Waals surface area contributed by atoms with Crippen molar-refractivity contribution in [3.63, 3.8) is 0 Å². The van der Waals surface area contributed by atoms with Gasteiger partial charge in [0.2, 0.25) is 0 Å². The normalized spacial score (nSPS) is 21.6. The van der Waals surface area contributed by atoms with E-state index in [-0.39, 0.29) is 23.8 Å². The molecule has 2 atom stereocenters. The number of fused-ring (bicyclic) bond motifs is 3. The zero-order valence-electron chi connectivity index (χ0n) is 15.4. The Hall–Kier alpha value is -2.99. The molecule has 4 heterocycles. The van der Waals surface area contributed by atoms with Crippen LogP contribution in [0.5, 0.6) is 0 Å². The van der Waals surface area contributed by atoms with Crippen molar-refractivity contribution in [3.8, 4) is 0 Å². The summed E-state index contributed by atoms with van der Waals surface area (Å²) in [6, 6.07) is 16.6. The quantitative estimate of drug-likeness (QED) is 0.703. The molecule has 0 aliphatic carbocycles. The van der Waals surface area contributed by atoms with Gasteiger partial charge < -0.3 is 9.47 Å². The summed E-state index contributed by atoms with van der Waals surface area (Å²) in [5, 5.41) is 0. The largest absolute Gasteiger partial charge is 0.337 e. The molecule has 0 bridgehead atoms. The van der Waals surface area contributed by atoms with Gasteiger partial charge in [-0.2, -0.15) is 0 Å². The minimum absolute atomic E-state index is 0.0458. The molecule has 0 N–H and O–H groups in total. The highest BCUT2D eigenvalue weighted by atomic mass is 19.1. The molecule has 0 unspecified atom stereocenters. The standard InChI is InChI=1S/C22H21FN4O/c23-17-6-3-5-16(11-17)12-25-14-20-21(15-25)27(13-18-7-1-2-9-24-18)22(28)19-8-4-10-26(19)20/h1-11,20-21H,12-15H2/t20-,21-/m1/s1. The first-order valence-electron chi connectivity index (χ1n) is 9.53. The van der Waals surface area contributed by atoms with Crippen molar-refractivity contribution in [2.45, 2.75) is 25.2 Å². The monoisotopic (exact) mass is 376 g/mol. The van der Waals surface area contributed by atoms with Crippen molar-refractivity contribution in [2.24, 2.45) is 0 Å². The molecule has 28 heavy (non-hydrogen) atoms. The molecule has 1 aromatic carbocycles. The van der Waals surface area contributed by atoms with Crippen LogP contribution in [0.4, 0.5) is 4.39 Å². The molecule has 1 fully saturated rings. The van der Waals surface area contributed by atoms with Crippen LogP contribution in [0.3, 0.4) is 0 Å². The average Bonchev–Trinajstić information content (AvgIpc) is 3.33. The SMILES string of the molecule is O=C1c2cccn2[C@@H]2CN(Cc3cccc(F)c3)C[C@H]2N1Cc1ccccn1. The van der Waals surface area contributed by atoms with Crippen LogP contribution in [-0.4, -0.2) is 44.4 Å². The number of likely N-dealkylation sites (tertiary alicyclic amines) is 1. The van der Waals surface area contributed by atoms with Crippen LogP contribution in [0.1, 0.15) is 27.8 Å². The Kier molecular flexibility index (Phi) is 4.20. The number of aromatic nitrogens is 2. The molecular formula is C22H21FN4O. The fraction of sp³-hybridized carbons (Fsp3) is 0.273. The molecule has 142 valence electrons.